The van der Waals surface area contributed by atoms with Gasteiger partial charge in [-0.1, -0.05) is 17.7 Å². The van der Waals surface area contributed by atoms with Crippen LogP contribution in [0.25, 0.3) is 0 Å². The largest absolute Gasteiger partial charge is 0.369 e. The monoisotopic (exact) mass is 322 g/mol. The molecule has 0 heterocycles. The summed E-state index contributed by atoms with van der Waals surface area (Å²) in [6, 6.07) is 5.55. The van der Waals surface area contributed by atoms with Crippen molar-refractivity contribution in [1.29, 1.82) is 0 Å². The molecule has 6 heteroatoms. The van der Waals surface area contributed by atoms with Crippen molar-refractivity contribution in [2.45, 2.75) is 0 Å². The first kappa shape index (κ1) is 11.3. The Morgan fingerprint density at radius 1 is 1.43 bits per heavy atom. The van der Waals surface area contributed by atoms with Crippen LogP contribution in [-0.4, -0.2) is 12.2 Å². The number of nitrogens with two attached hydrogens (primary N) is 2. The highest BCUT2D eigenvalue weighted by Crippen LogP contribution is 2.18. The van der Waals surface area contributed by atoms with Crippen LogP contribution in [0.4, 0.5) is 0 Å². The van der Waals surface area contributed by atoms with Crippen molar-refractivity contribution >= 4 is 46.4 Å². The third-order valence-electron chi connectivity index (χ3n) is 1.32. The van der Waals surface area contributed by atoms with E-state index in [-0.39, 0.29) is 5.96 Å². The molecule has 0 aliphatic carbocycles. The minimum absolute atomic E-state index is 0.0714. The average Bonchev–Trinajstić information content (AvgIpc) is 2.10. The zero-order chi connectivity index (χ0) is 10.6. The summed E-state index contributed by atoms with van der Waals surface area (Å²) < 4.78 is 0.989. The summed E-state index contributed by atoms with van der Waals surface area (Å²) in [4.78, 5) is 0. The maximum absolute atomic E-state index is 5.90. The van der Waals surface area contributed by atoms with E-state index in [0.29, 0.717) is 5.02 Å². The standard InChI is InChI=1S/C8H8ClIN4/c9-6-3-5(1-2-7(6)10)4-13-14-8(11)12/h1-4H,(H4,11,12,14). The van der Waals surface area contributed by atoms with E-state index in [1.54, 1.807) is 6.07 Å². The molecular formula is C8H8ClIN4. The molecule has 74 valence electrons. The second-order valence-electron chi connectivity index (χ2n) is 2.44. The molecule has 14 heavy (non-hydrogen) atoms. The van der Waals surface area contributed by atoms with Crippen LogP contribution in [0.2, 0.25) is 5.02 Å². The van der Waals surface area contributed by atoms with Gasteiger partial charge in [-0.2, -0.15) is 5.10 Å². The summed E-state index contributed by atoms with van der Waals surface area (Å²) >= 11 is 8.05. The molecular weight excluding hydrogens is 314 g/mol. The summed E-state index contributed by atoms with van der Waals surface area (Å²) in [6.07, 6.45) is 1.53. The van der Waals surface area contributed by atoms with Gasteiger partial charge in [0.15, 0.2) is 0 Å². The van der Waals surface area contributed by atoms with Gasteiger partial charge in [0, 0.05) is 3.57 Å². The molecule has 1 aromatic carbocycles. The van der Waals surface area contributed by atoms with Crippen molar-refractivity contribution in [3.63, 3.8) is 0 Å². The van der Waals surface area contributed by atoms with Crippen LogP contribution in [0.5, 0.6) is 0 Å². The van der Waals surface area contributed by atoms with Crippen LogP contribution in [0.15, 0.2) is 28.4 Å². The van der Waals surface area contributed by atoms with Crippen LogP contribution < -0.4 is 11.5 Å². The SMILES string of the molecule is NC(N)=NN=Cc1ccc(I)c(Cl)c1. The molecule has 1 aromatic rings. The highest BCUT2D eigenvalue weighted by Gasteiger charge is 1.96. The molecule has 0 spiro atoms. The van der Waals surface area contributed by atoms with Gasteiger partial charge in [-0.05, 0) is 40.3 Å². The second-order valence-corrected chi connectivity index (χ2v) is 4.01. The topological polar surface area (TPSA) is 76.8 Å². The molecule has 1 rings (SSSR count). The lowest BCUT2D eigenvalue weighted by Gasteiger charge is -1.96. The van der Waals surface area contributed by atoms with Crippen molar-refractivity contribution < 1.29 is 0 Å². The first-order valence-electron chi connectivity index (χ1n) is 3.66. The molecule has 0 saturated carbocycles. The normalized spacial score (nSPS) is 10.4. The Bertz CT molecular complexity index is 385. The van der Waals surface area contributed by atoms with Gasteiger partial charge in [0.25, 0.3) is 0 Å². The number of hydrogen-bond donors (Lipinski definition) is 2. The minimum Gasteiger partial charge on any atom is -0.369 e. The van der Waals surface area contributed by atoms with Gasteiger partial charge in [-0.3, -0.25) is 0 Å². The van der Waals surface area contributed by atoms with E-state index >= 15 is 0 Å². The molecule has 0 aromatic heterocycles. The van der Waals surface area contributed by atoms with Crippen LogP contribution in [0.1, 0.15) is 5.56 Å². The lowest BCUT2D eigenvalue weighted by Crippen LogP contribution is -2.21. The summed E-state index contributed by atoms with van der Waals surface area (Å²) in [5, 5.41) is 7.81. The van der Waals surface area contributed by atoms with Crippen molar-refractivity contribution in [2.24, 2.45) is 21.7 Å². The maximum atomic E-state index is 5.90. The number of guanidine groups is 1. The summed E-state index contributed by atoms with van der Waals surface area (Å²) in [5.41, 5.74) is 11.0. The highest BCUT2D eigenvalue weighted by atomic mass is 127. The van der Waals surface area contributed by atoms with Gasteiger partial charge < -0.3 is 11.5 Å². The lowest BCUT2D eigenvalue weighted by atomic mass is 10.2. The number of rotatable bonds is 2. The van der Waals surface area contributed by atoms with Crippen LogP contribution in [0.3, 0.4) is 0 Å². The fourth-order valence-electron chi connectivity index (χ4n) is 0.755. The minimum atomic E-state index is -0.0714. The molecule has 0 radical (unpaired) electrons. The molecule has 0 fully saturated rings. The predicted octanol–water partition coefficient (Wildman–Crippen LogP) is 1.55. The summed E-state index contributed by atoms with van der Waals surface area (Å²) in [7, 11) is 0. The van der Waals surface area contributed by atoms with Crippen LogP contribution in [0, 0.1) is 3.57 Å². The molecule has 4 nitrogen and oxygen atoms in total. The van der Waals surface area contributed by atoms with E-state index in [1.807, 2.05) is 12.1 Å². The van der Waals surface area contributed by atoms with Gasteiger partial charge in [-0.15, -0.1) is 5.10 Å². The van der Waals surface area contributed by atoms with Gasteiger partial charge in [0.2, 0.25) is 5.96 Å². The Kier molecular flexibility index (Phi) is 4.15. The number of halogens is 2. The predicted molar refractivity (Wildman–Crippen MR) is 67.6 cm³/mol. The van der Waals surface area contributed by atoms with E-state index in [0.717, 1.165) is 9.13 Å². The Labute approximate surface area is 100 Å². The first-order valence-corrected chi connectivity index (χ1v) is 5.12. The fourth-order valence-corrected chi connectivity index (χ4v) is 1.28. The van der Waals surface area contributed by atoms with Crippen molar-refractivity contribution in [1.82, 2.24) is 0 Å². The molecule has 4 N–H and O–H groups in total. The zero-order valence-electron chi connectivity index (χ0n) is 7.11. The van der Waals surface area contributed by atoms with Gasteiger partial charge >= 0.3 is 0 Å². The fraction of sp³-hybridized carbons (Fsp3) is 0. The smallest absolute Gasteiger partial charge is 0.211 e. The number of hydrogen-bond acceptors (Lipinski definition) is 2. The van der Waals surface area contributed by atoms with Crippen LogP contribution in [-0.2, 0) is 0 Å². The van der Waals surface area contributed by atoms with E-state index in [1.165, 1.54) is 6.21 Å². The van der Waals surface area contributed by atoms with E-state index < -0.39 is 0 Å². The van der Waals surface area contributed by atoms with Crippen molar-refractivity contribution in [2.75, 3.05) is 0 Å². The van der Waals surface area contributed by atoms with Crippen molar-refractivity contribution in [3.8, 4) is 0 Å². The third-order valence-corrected chi connectivity index (χ3v) is 2.90. The van der Waals surface area contributed by atoms with E-state index in [4.69, 9.17) is 23.1 Å². The zero-order valence-corrected chi connectivity index (χ0v) is 10.0. The first-order chi connectivity index (χ1) is 6.59. The Balaban J connectivity index is 2.83. The van der Waals surface area contributed by atoms with E-state index in [2.05, 4.69) is 32.8 Å². The molecule has 0 unspecified atom stereocenters. The molecule has 0 aliphatic heterocycles. The summed E-state index contributed by atoms with van der Waals surface area (Å²) in [6.45, 7) is 0. The average molecular weight is 323 g/mol. The second kappa shape index (κ2) is 5.16. The quantitative estimate of drug-likeness (QED) is 0.375. The third kappa shape index (κ3) is 3.51. The molecule has 0 aliphatic rings. The number of nitrogens with zero attached hydrogens (tertiary/aromatic N) is 2. The van der Waals surface area contributed by atoms with Gasteiger partial charge in [0.1, 0.15) is 0 Å². The highest BCUT2D eigenvalue weighted by molar-refractivity contribution is 14.1. The van der Waals surface area contributed by atoms with Gasteiger partial charge in [-0.25, -0.2) is 0 Å². The van der Waals surface area contributed by atoms with Gasteiger partial charge in [0.05, 0.1) is 11.2 Å². The maximum Gasteiger partial charge on any atom is 0.211 e. The molecule has 0 amide bonds. The molecule has 0 bridgehead atoms. The van der Waals surface area contributed by atoms with Crippen LogP contribution >= 0.6 is 34.2 Å². The Morgan fingerprint density at radius 2 is 2.14 bits per heavy atom. The summed E-state index contributed by atoms with van der Waals surface area (Å²) in [5.74, 6) is -0.0714. The lowest BCUT2D eigenvalue weighted by molar-refractivity contribution is 1.21. The van der Waals surface area contributed by atoms with E-state index in [9.17, 15) is 0 Å². The Morgan fingerprint density at radius 3 is 2.71 bits per heavy atom. The number of benzene rings is 1. The van der Waals surface area contributed by atoms with Crippen molar-refractivity contribution in [3.05, 3.63) is 32.4 Å². The molecule has 0 saturated heterocycles. The Hall–Kier alpha value is -0.820. The molecule has 0 atom stereocenters.